The van der Waals surface area contributed by atoms with Crippen molar-refractivity contribution in [1.82, 2.24) is 0 Å². The monoisotopic (exact) mass is 432 g/mol. The fourth-order valence-electron chi connectivity index (χ4n) is 4.70. The molecule has 2 nitrogen and oxygen atoms in total. The molecule has 1 unspecified atom stereocenters. The van der Waals surface area contributed by atoms with Crippen LogP contribution in [0.2, 0.25) is 0 Å². The first-order chi connectivity index (χ1) is 15.8. The number of fused-ring (bicyclic) bond motifs is 3. The number of cyclic esters (lactones) is 1. The van der Waals surface area contributed by atoms with Crippen LogP contribution in [0.15, 0.2) is 115 Å². The van der Waals surface area contributed by atoms with Gasteiger partial charge in [-0.2, -0.15) is 0 Å². The van der Waals surface area contributed by atoms with Crippen molar-refractivity contribution in [3.05, 3.63) is 132 Å². The van der Waals surface area contributed by atoms with Gasteiger partial charge in [0.2, 0.25) is 0 Å². The summed E-state index contributed by atoms with van der Waals surface area (Å²) in [4.78, 5) is 13.6. The van der Waals surface area contributed by atoms with Crippen molar-refractivity contribution in [3.8, 4) is 0 Å². The molecule has 1 fully saturated rings. The molecule has 1 saturated heterocycles. The van der Waals surface area contributed by atoms with Crippen LogP contribution in [0.3, 0.4) is 0 Å². The molecule has 5 aromatic rings. The summed E-state index contributed by atoms with van der Waals surface area (Å²) in [5.74, 6) is -0.220. The zero-order valence-corrected chi connectivity index (χ0v) is 18.1. The molecular formula is C29H20O2S. The number of thioether (sulfide) groups is 1. The first-order valence-electron chi connectivity index (χ1n) is 10.7. The van der Waals surface area contributed by atoms with Gasteiger partial charge in [0.1, 0.15) is 0 Å². The van der Waals surface area contributed by atoms with Crippen LogP contribution in [-0.2, 0) is 14.3 Å². The minimum Gasteiger partial charge on any atom is -0.445 e. The largest absolute Gasteiger partial charge is 0.445 e. The van der Waals surface area contributed by atoms with Crippen LogP contribution in [0.25, 0.3) is 21.5 Å². The van der Waals surface area contributed by atoms with Gasteiger partial charge < -0.3 is 4.74 Å². The second-order valence-electron chi connectivity index (χ2n) is 8.00. The van der Waals surface area contributed by atoms with Gasteiger partial charge in [-0.1, -0.05) is 121 Å². The van der Waals surface area contributed by atoms with Crippen molar-refractivity contribution < 1.29 is 9.53 Å². The Kier molecular flexibility index (Phi) is 4.51. The standard InChI is InChI=1S/C29H20O2S/c30-28-29(21-12-3-1-4-13-21,22-14-5-2-6-15-22)32-27(31-28)26-19-20-11-7-8-16-23(20)24-17-9-10-18-25(24)26/h1-19,27H. The second-order valence-corrected chi connectivity index (χ2v) is 9.28. The Bertz CT molecular complexity index is 1400. The summed E-state index contributed by atoms with van der Waals surface area (Å²) in [6.45, 7) is 0. The molecule has 1 aliphatic rings. The maximum absolute atomic E-state index is 13.6. The Labute approximate surface area is 190 Å². The number of hydrogen-bond donors (Lipinski definition) is 0. The number of benzene rings is 5. The first-order valence-corrected chi connectivity index (χ1v) is 11.6. The van der Waals surface area contributed by atoms with Crippen LogP contribution >= 0.6 is 11.8 Å². The zero-order valence-electron chi connectivity index (χ0n) is 17.3. The van der Waals surface area contributed by atoms with E-state index in [-0.39, 0.29) is 5.97 Å². The number of carbonyl (C=O) groups is 1. The summed E-state index contributed by atoms with van der Waals surface area (Å²) in [5.41, 5.74) is 2.51. The van der Waals surface area contributed by atoms with Crippen molar-refractivity contribution in [2.24, 2.45) is 0 Å². The van der Waals surface area contributed by atoms with Crippen molar-refractivity contribution in [3.63, 3.8) is 0 Å². The van der Waals surface area contributed by atoms with Gasteiger partial charge in [0.25, 0.3) is 0 Å². The Morgan fingerprint density at radius 1 is 0.625 bits per heavy atom. The zero-order chi connectivity index (χ0) is 21.5. The summed E-state index contributed by atoms with van der Waals surface area (Å²) in [7, 11) is 0. The van der Waals surface area contributed by atoms with E-state index in [1.165, 1.54) is 10.8 Å². The third kappa shape index (κ3) is 2.85. The molecule has 3 heteroatoms. The smallest absolute Gasteiger partial charge is 0.333 e. The minimum atomic E-state index is -0.903. The van der Waals surface area contributed by atoms with Gasteiger partial charge in [-0.15, -0.1) is 0 Å². The Morgan fingerprint density at radius 3 is 1.81 bits per heavy atom. The molecule has 0 N–H and O–H groups in total. The summed E-state index contributed by atoms with van der Waals surface area (Å²) in [6, 6.07) is 38.9. The van der Waals surface area contributed by atoms with E-state index >= 15 is 0 Å². The van der Waals surface area contributed by atoms with E-state index in [0.29, 0.717) is 0 Å². The second kappa shape index (κ2) is 7.54. The summed E-state index contributed by atoms with van der Waals surface area (Å²) in [5, 5.41) is 4.65. The van der Waals surface area contributed by atoms with Crippen molar-refractivity contribution >= 4 is 39.3 Å². The van der Waals surface area contributed by atoms with E-state index in [1.54, 1.807) is 11.8 Å². The maximum atomic E-state index is 13.6. The van der Waals surface area contributed by atoms with Crippen LogP contribution in [0.1, 0.15) is 22.1 Å². The normalized spacial score (nSPS) is 17.5. The predicted molar refractivity (Wildman–Crippen MR) is 132 cm³/mol. The fraction of sp³-hybridized carbons (Fsp3) is 0.0690. The predicted octanol–water partition coefficient (Wildman–Crippen LogP) is 7.23. The molecule has 154 valence electrons. The highest BCUT2D eigenvalue weighted by atomic mass is 32.2. The molecular weight excluding hydrogens is 412 g/mol. The van der Waals surface area contributed by atoms with Gasteiger partial charge in [0.15, 0.2) is 10.2 Å². The molecule has 1 heterocycles. The van der Waals surface area contributed by atoms with Gasteiger partial charge in [0.05, 0.1) is 0 Å². The average molecular weight is 433 g/mol. The third-order valence-corrected chi connectivity index (χ3v) is 7.76. The summed E-state index contributed by atoms with van der Waals surface area (Å²) in [6.07, 6.45) is 0. The minimum absolute atomic E-state index is 0.220. The lowest BCUT2D eigenvalue weighted by Crippen LogP contribution is -2.30. The Hall–Kier alpha value is -3.56. The molecule has 0 amide bonds. The first kappa shape index (κ1) is 19.1. The molecule has 0 aromatic heterocycles. The van der Waals surface area contributed by atoms with Crippen LogP contribution in [-0.4, -0.2) is 5.97 Å². The molecule has 0 aliphatic carbocycles. The topological polar surface area (TPSA) is 26.3 Å². The highest BCUT2D eigenvalue weighted by Gasteiger charge is 2.53. The van der Waals surface area contributed by atoms with E-state index in [4.69, 9.17) is 4.74 Å². The Morgan fingerprint density at radius 2 is 1.16 bits per heavy atom. The van der Waals surface area contributed by atoms with Crippen molar-refractivity contribution in [2.75, 3.05) is 0 Å². The van der Waals surface area contributed by atoms with Gasteiger partial charge in [-0.25, -0.2) is 4.79 Å². The third-order valence-electron chi connectivity index (χ3n) is 6.20. The number of ether oxygens (including phenoxy) is 1. The van der Waals surface area contributed by atoms with E-state index < -0.39 is 10.2 Å². The van der Waals surface area contributed by atoms with Gasteiger partial charge in [0, 0.05) is 5.56 Å². The SMILES string of the molecule is O=C1OC(c2cc3ccccc3c3ccccc23)SC1(c1ccccc1)c1ccccc1. The number of hydrogen-bond acceptors (Lipinski definition) is 3. The molecule has 0 bridgehead atoms. The van der Waals surface area contributed by atoms with Crippen LogP contribution < -0.4 is 0 Å². The van der Waals surface area contributed by atoms with Crippen LogP contribution in [0.4, 0.5) is 0 Å². The van der Waals surface area contributed by atoms with Gasteiger partial charge in [-0.3, -0.25) is 0 Å². The lowest BCUT2D eigenvalue weighted by atomic mass is 9.90. The molecule has 0 spiro atoms. The number of esters is 1. The highest BCUT2D eigenvalue weighted by molar-refractivity contribution is 8.01. The van der Waals surface area contributed by atoms with Crippen LogP contribution in [0, 0.1) is 0 Å². The number of rotatable bonds is 3. The molecule has 32 heavy (non-hydrogen) atoms. The number of carbonyl (C=O) groups excluding carboxylic acids is 1. The highest BCUT2D eigenvalue weighted by Crippen LogP contribution is 2.57. The lowest BCUT2D eigenvalue weighted by molar-refractivity contribution is -0.144. The molecule has 6 rings (SSSR count). The van der Waals surface area contributed by atoms with Crippen molar-refractivity contribution in [2.45, 2.75) is 10.2 Å². The molecule has 1 atom stereocenters. The lowest BCUT2D eigenvalue weighted by Gasteiger charge is -2.25. The van der Waals surface area contributed by atoms with Crippen LogP contribution in [0.5, 0.6) is 0 Å². The molecule has 0 saturated carbocycles. The van der Waals surface area contributed by atoms with E-state index in [2.05, 4.69) is 42.5 Å². The summed E-state index contributed by atoms with van der Waals surface area (Å²) >= 11 is 1.58. The molecule has 1 aliphatic heterocycles. The van der Waals surface area contributed by atoms with E-state index in [9.17, 15) is 4.79 Å². The maximum Gasteiger partial charge on any atom is 0.333 e. The van der Waals surface area contributed by atoms with Crippen molar-refractivity contribution in [1.29, 1.82) is 0 Å². The Balaban J connectivity index is 1.56. The fourth-order valence-corrected chi connectivity index (χ4v) is 6.17. The quantitative estimate of drug-likeness (QED) is 0.222. The van der Waals surface area contributed by atoms with E-state index in [1.807, 2.05) is 72.8 Å². The summed E-state index contributed by atoms with van der Waals surface area (Å²) < 4.78 is 5.25. The molecule has 5 aromatic carbocycles. The van der Waals surface area contributed by atoms with Gasteiger partial charge in [-0.05, 0) is 38.7 Å². The van der Waals surface area contributed by atoms with Gasteiger partial charge >= 0.3 is 5.97 Å². The van der Waals surface area contributed by atoms with E-state index in [0.717, 1.165) is 27.5 Å². The molecule has 0 radical (unpaired) electrons. The average Bonchev–Trinajstić information content (AvgIpc) is 3.22.